The Morgan fingerprint density at radius 1 is 1.00 bits per heavy atom. The van der Waals surface area contributed by atoms with Crippen molar-refractivity contribution in [1.29, 1.82) is 0 Å². The second-order valence-electron chi connectivity index (χ2n) is 7.71. The Labute approximate surface area is 183 Å². The van der Waals surface area contributed by atoms with Crippen molar-refractivity contribution in [2.45, 2.75) is 26.9 Å². The van der Waals surface area contributed by atoms with Gasteiger partial charge >= 0.3 is 0 Å². The first kappa shape index (κ1) is 18.9. The van der Waals surface area contributed by atoms with Gasteiger partial charge in [0, 0.05) is 28.0 Å². The zero-order valence-corrected chi connectivity index (χ0v) is 18.4. The Bertz CT molecular complexity index is 1260. The van der Waals surface area contributed by atoms with Gasteiger partial charge in [-0.15, -0.1) is 0 Å². The minimum absolute atomic E-state index is 0.0193. The summed E-state index contributed by atoms with van der Waals surface area (Å²) in [5.74, 6) is 1.01. The lowest BCUT2D eigenvalue weighted by Gasteiger charge is -2.18. The summed E-state index contributed by atoms with van der Waals surface area (Å²) in [6.07, 6.45) is 4.05. The van der Waals surface area contributed by atoms with Gasteiger partial charge in [-0.2, -0.15) is 5.10 Å². The van der Waals surface area contributed by atoms with Crippen LogP contribution in [0.2, 0.25) is 0 Å². The van der Waals surface area contributed by atoms with E-state index < -0.39 is 0 Å². The molecule has 0 saturated carbocycles. The molecule has 4 aromatic rings. The average molecular weight is 461 g/mol. The van der Waals surface area contributed by atoms with E-state index >= 15 is 0 Å². The third kappa shape index (κ3) is 3.17. The third-order valence-electron chi connectivity index (χ3n) is 5.52. The van der Waals surface area contributed by atoms with Crippen LogP contribution in [0, 0.1) is 13.8 Å². The number of aromatic nitrogens is 3. The molecule has 1 aliphatic rings. The van der Waals surface area contributed by atoms with Gasteiger partial charge < -0.3 is 9.47 Å². The zero-order valence-electron chi connectivity index (χ0n) is 16.8. The minimum Gasteiger partial charge on any atom is -0.328 e. The molecule has 0 fully saturated rings. The van der Waals surface area contributed by atoms with Gasteiger partial charge in [0.2, 0.25) is 0 Å². The molecule has 0 radical (unpaired) electrons. The minimum atomic E-state index is 0.0193. The van der Waals surface area contributed by atoms with Crippen molar-refractivity contribution in [3.05, 3.63) is 99.4 Å². The van der Waals surface area contributed by atoms with E-state index in [0.29, 0.717) is 18.7 Å². The van der Waals surface area contributed by atoms with Crippen molar-refractivity contribution >= 4 is 21.8 Å². The first-order valence-corrected chi connectivity index (χ1v) is 10.7. The summed E-state index contributed by atoms with van der Waals surface area (Å²) in [6, 6.07) is 17.9. The molecule has 1 amide bonds. The van der Waals surface area contributed by atoms with Crippen LogP contribution in [-0.2, 0) is 13.1 Å². The van der Waals surface area contributed by atoms with E-state index in [1.165, 1.54) is 11.1 Å². The summed E-state index contributed by atoms with van der Waals surface area (Å²) < 4.78 is 5.00. The number of benzene rings is 2. The van der Waals surface area contributed by atoms with Crippen LogP contribution in [-0.4, -0.2) is 25.2 Å². The monoisotopic (exact) mass is 460 g/mol. The molecular formula is C24H21BrN4O. The number of hydrogen-bond acceptors (Lipinski definition) is 2. The van der Waals surface area contributed by atoms with Crippen LogP contribution in [0.3, 0.4) is 0 Å². The standard InChI is InChI=1S/C24H21BrN4O/c1-16-8-9-22(17(2)12-16)29-23(27-10-3-4-11-27)20-14-28(15-21(20)26-29)24(30)18-6-5-7-19(25)13-18/h3-13H,14-15H2,1-2H3. The summed E-state index contributed by atoms with van der Waals surface area (Å²) in [7, 11) is 0. The van der Waals surface area contributed by atoms with E-state index in [1.54, 1.807) is 0 Å². The molecule has 0 aliphatic carbocycles. The smallest absolute Gasteiger partial charge is 0.254 e. The molecule has 2 aromatic heterocycles. The van der Waals surface area contributed by atoms with E-state index in [9.17, 15) is 4.79 Å². The van der Waals surface area contributed by atoms with Crippen LogP contribution < -0.4 is 0 Å². The highest BCUT2D eigenvalue weighted by Crippen LogP contribution is 2.32. The van der Waals surface area contributed by atoms with E-state index in [1.807, 2.05) is 58.4 Å². The van der Waals surface area contributed by atoms with Crippen LogP contribution in [0.15, 0.2) is 71.5 Å². The Balaban J connectivity index is 1.57. The summed E-state index contributed by atoms with van der Waals surface area (Å²) in [5.41, 5.74) is 6.18. The van der Waals surface area contributed by atoms with Gasteiger partial charge in [0.15, 0.2) is 0 Å². The maximum absolute atomic E-state index is 13.1. The first-order chi connectivity index (χ1) is 14.5. The number of fused-ring (bicyclic) bond motifs is 1. The number of amides is 1. The summed E-state index contributed by atoms with van der Waals surface area (Å²) >= 11 is 3.46. The number of carbonyl (C=O) groups excluding carboxylic acids is 1. The molecule has 2 aromatic carbocycles. The van der Waals surface area contributed by atoms with Crippen molar-refractivity contribution in [2.24, 2.45) is 0 Å². The number of nitrogens with zero attached hydrogens (tertiary/aromatic N) is 4. The average Bonchev–Trinajstić information content (AvgIpc) is 3.43. The third-order valence-corrected chi connectivity index (χ3v) is 6.01. The predicted molar refractivity (Wildman–Crippen MR) is 120 cm³/mol. The fourth-order valence-electron chi connectivity index (χ4n) is 4.10. The van der Waals surface area contributed by atoms with Crippen LogP contribution >= 0.6 is 15.9 Å². The Morgan fingerprint density at radius 2 is 1.80 bits per heavy atom. The summed E-state index contributed by atoms with van der Waals surface area (Å²) in [5, 5.41) is 4.94. The Kier molecular flexibility index (Phi) is 4.59. The fraction of sp³-hybridized carbons (Fsp3) is 0.167. The van der Waals surface area contributed by atoms with Gasteiger partial charge in [-0.1, -0.05) is 39.7 Å². The van der Waals surface area contributed by atoms with Crippen LogP contribution in [0.1, 0.15) is 32.7 Å². The first-order valence-electron chi connectivity index (χ1n) is 9.88. The van der Waals surface area contributed by atoms with Gasteiger partial charge in [-0.25, -0.2) is 4.68 Å². The lowest BCUT2D eigenvalue weighted by molar-refractivity contribution is 0.0749. The van der Waals surface area contributed by atoms with Crippen molar-refractivity contribution in [3.63, 3.8) is 0 Å². The Morgan fingerprint density at radius 3 is 2.53 bits per heavy atom. The fourth-order valence-corrected chi connectivity index (χ4v) is 4.50. The highest BCUT2D eigenvalue weighted by atomic mass is 79.9. The van der Waals surface area contributed by atoms with Gasteiger partial charge in [0.25, 0.3) is 5.91 Å². The normalized spacial score (nSPS) is 13.0. The molecule has 3 heterocycles. The summed E-state index contributed by atoms with van der Waals surface area (Å²) in [4.78, 5) is 14.9. The molecule has 150 valence electrons. The number of halogens is 1. The molecule has 30 heavy (non-hydrogen) atoms. The van der Waals surface area contributed by atoms with Gasteiger partial charge in [-0.05, 0) is 55.8 Å². The number of carbonyl (C=O) groups is 1. The van der Waals surface area contributed by atoms with Crippen molar-refractivity contribution in [1.82, 2.24) is 19.2 Å². The molecule has 1 aliphatic heterocycles. The second-order valence-corrected chi connectivity index (χ2v) is 8.63. The lowest BCUT2D eigenvalue weighted by atomic mass is 10.1. The molecule has 0 bridgehead atoms. The molecule has 6 heteroatoms. The van der Waals surface area contributed by atoms with E-state index in [2.05, 4.69) is 52.5 Å². The maximum atomic E-state index is 13.1. The molecule has 5 rings (SSSR count). The van der Waals surface area contributed by atoms with Crippen LogP contribution in [0.5, 0.6) is 0 Å². The number of aryl methyl sites for hydroxylation is 2. The molecule has 0 spiro atoms. The highest BCUT2D eigenvalue weighted by Gasteiger charge is 2.32. The Hall–Kier alpha value is -3.12. The number of hydrogen-bond donors (Lipinski definition) is 0. The number of rotatable bonds is 3. The van der Waals surface area contributed by atoms with E-state index in [-0.39, 0.29) is 5.91 Å². The molecular weight excluding hydrogens is 440 g/mol. The van der Waals surface area contributed by atoms with Crippen LogP contribution in [0.25, 0.3) is 11.5 Å². The molecule has 0 N–H and O–H groups in total. The van der Waals surface area contributed by atoms with Gasteiger partial charge in [0.1, 0.15) is 5.82 Å². The molecule has 0 saturated heterocycles. The van der Waals surface area contributed by atoms with Crippen molar-refractivity contribution in [2.75, 3.05) is 0 Å². The highest BCUT2D eigenvalue weighted by molar-refractivity contribution is 9.10. The van der Waals surface area contributed by atoms with Gasteiger partial charge in [-0.3, -0.25) is 4.79 Å². The SMILES string of the molecule is Cc1ccc(-n2nc3c(c2-n2cccc2)CN(C(=O)c2cccc(Br)c2)C3)c(C)c1. The summed E-state index contributed by atoms with van der Waals surface area (Å²) in [6.45, 7) is 5.25. The van der Waals surface area contributed by atoms with E-state index in [0.717, 1.165) is 27.2 Å². The topological polar surface area (TPSA) is 43.1 Å². The molecule has 0 unspecified atom stereocenters. The lowest BCUT2D eigenvalue weighted by Crippen LogP contribution is -2.26. The molecule has 0 atom stereocenters. The largest absolute Gasteiger partial charge is 0.328 e. The van der Waals surface area contributed by atoms with Crippen molar-refractivity contribution < 1.29 is 4.79 Å². The predicted octanol–water partition coefficient (Wildman–Crippen LogP) is 5.20. The zero-order chi connectivity index (χ0) is 20.8. The van der Waals surface area contributed by atoms with Crippen molar-refractivity contribution in [3.8, 4) is 11.5 Å². The second kappa shape index (κ2) is 7.29. The van der Waals surface area contributed by atoms with E-state index in [4.69, 9.17) is 5.10 Å². The quantitative estimate of drug-likeness (QED) is 0.421. The molecule has 5 nitrogen and oxygen atoms in total. The van der Waals surface area contributed by atoms with Gasteiger partial charge in [0.05, 0.1) is 24.5 Å². The maximum Gasteiger partial charge on any atom is 0.254 e. The van der Waals surface area contributed by atoms with Crippen LogP contribution in [0.4, 0.5) is 0 Å².